The molecule has 0 spiro atoms. The molecule has 0 aliphatic rings. The average Bonchev–Trinajstić information content (AvgIpc) is 3.06. The van der Waals surface area contributed by atoms with Crippen LogP contribution in [0, 0.1) is 11.6 Å². The highest BCUT2D eigenvalue weighted by Gasteiger charge is 2.16. The lowest BCUT2D eigenvalue weighted by Gasteiger charge is -2.07. The number of aromatic nitrogens is 4. The Kier molecular flexibility index (Phi) is 5.25. The smallest absolute Gasteiger partial charge is 0.236 e. The molecule has 8 nitrogen and oxygen atoms in total. The Morgan fingerprint density at radius 1 is 1.30 bits per heavy atom. The molecule has 0 aliphatic heterocycles. The summed E-state index contributed by atoms with van der Waals surface area (Å²) >= 11 is 0. The summed E-state index contributed by atoms with van der Waals surface area (Å²) in [5.41, 5.74) is 5.76. The predicted molar refractivity (Wildman–Crippen MR) is 92.9 cm³/mol. The fourth-order valence-electron chi connectivity index (χ4n) is 2.36. The third kappa shape index (κ3) is 4.17. The topological polar surface area (TPSA) is 108 Å². The SMILES string of the molecule is COc1cc(-c2ncc(F)c(NCC(N)=O)n2)nn1Cc1ccccc1F. The Labute approximate surface area is 153 Å². The molecule has 0 bridgehead atoms. The van der Waals surface area contributed by atoms with Gasteiger partial charge in [0.05, 0.1) is 26.4 Å². The van der Waals surface area contributed by atoms with Gasteiger partial charge in [0.15, 0.2) is 17.5 Å². The first-order chi connectivity index (χ1) is 13.0. The number of nitrogens with two attached hydrogens (primary N) is 1. The molecule has 1 aromatic carbocycles. The first-order valence-electron chi connectivity index (χ1n) is 7.88. The van der Waals surface area contributed by atoms with Gasteiger partial charge in [-0.05, 0) is 6.07 Å². The number of benzene rings is 1. The molecule has 0 fully saturated rings. The summed E-state index contributed by atoms with van der Waals surface area (Å²) in [5.74, 6) is -1.49. The lowest BCUT2D eigenvalue weighted by atomic mass is 10.2. The molecule has 3 rings (SSSR count). The zero-order valence-corrected chi connectivity index (χ0v) is 14.3. The molecule has 0 atom stereocenters. The molecule has 0 aliphatic carbocycles. The van der Waals surface area contributed by atoms with Gasteiger partial charge < -0.3 is 15.8 Å². The van der Waals surface area contributed by atoms with Gasteiger partial charge >= 0.3 is 0 Å². The summed E-state index contributed by atoms with van der Waals surface area (Å²) in [6.07, 6.45) is 0.952. The first kappa shape index (κ1) is 18.2. The van der Waals surface area contributed by atoms with Crippen molar-refractivity contribution in [3.05, 3.63) is 53.7 Å². The van der Waals surface area contributed by atoms with Crippen LogP contribution in [0.1, 0.15) is 5.56 Å². The van der Waals surface area contributed by atoms with E-state index in [1.54, 1.807) is 24.3 Å². The van der Waals surface area contributed by atoms with Crippen molar-refractivity contribution in [2.75, 3.05) is 19.0 Å². The van der Waals surface area contributed by atoms with Gasteiger partial charge in [0.2, 0.25) is 11.8 Å². The molecule has 1 amide bonds. The summed E-state index contributed by atoms with van der Waals surface area (Å²) in [5, 5.41) is 6.80. The minimum Gasteiger partial charge on any atom is -0.481 e. The van der Waals surface area contributed by atoms with Crippen LogP contribution in [0.2, 0.25) is 0 Å². The minimum atomic E-state index is -0.738. The highest BCUT2D eigenvalue weighted by molar-refractivity contribution is 5.78. The molecule has 0 unspecified atom stereocenters. The van der Waals surface area contributed by atoms with Crippen molar-refractivity contribution in [2.45, 2.75) is 6.54 Å². The van der Waals surface area contributed by atoms with Crippen LogP contribution in [0.4, 0.5) is 14.6 Å². The Hall–Kier alpha value is -3.56. The van der Waals surface area contributed by atoms with Gasteiger partial charge in [0.1, 0.15) is 11.5 Å². The fraction of sp³-hybridized carbons (Fsp3) is 0.176. The van der Waals surface area contributed by atoms with Gasteiger partial charge in [-0.1, -0.05) is 18.2 Å². The molecule has 3 aromatic rings. The molecule has 0 saturated carbocycles. The van der Waals surface area contributed by atoms with Crippen LogP contribution in [0.25, 0.3) is 11.5 Å². The summed E-state index contributed by atoms with van der Waals surface area (Å²) in [7, 11) is 1.45. The summed E-state index contributed by atoms with van der Waals surface area (Å²) < 4.78 is 34.4. The van der Waals surface area contributed by atoms with E-state index < -0.39 is 11.7 Å². The normalized spacial score (nSPS) is 10.6. The maximum atomic E-state index is 13.9. The zero-order chi connectivity index (χ0) is 19.4. The summed E-state index contributed by atoms with van der Waals surface area (Å²) in [6, 6.07) is 7.85. The predicted octanol–water partition coefficient (Wildman–Crippen LogP) is 1.57. The maximum Gasteiger partial charge on any atom is 0.236 e. The van der Waals surface area contributed by atoms with Crippen molar-refractivity contribution in [1.29, 1.82) is 0 Å². The highest BCUT2D eigenvalue weighted by atomic mass is 19.1. The molecule has 3 N–H and O–H groups in total. The van der Waals surface area contributed by atoms with Crippen molar-refractivity contribution >= 4 is 11.7 Å². The van der Waals surface area contributed by atoms with Crippen LogP contribution in [0.5, 0.6) is 5.88 Å². The average molecular weight is 374 g/mol. The first-order valence-corrected chi connectivity index (χ1v) is 7.88. The molecule has 2 heterocycles. The van der Waals surface area contributed by atoms with Crippen LogP contribution in [-0.2, 0) is 11.3 Å². The van der Waals surface area contributed by atoms with Gasteiger partial charge in [-0.15, -0.1) is 0 Å². The lowest BCUT2D eigenvalue weighted by molar-refractivity contribution is -0.116. The van der Waals surface area contributed by atoms with Gasteiger partial charge in [-0.2, -0.15) is 5.10 Å². The second-order valence-corrected chi connectivity index (χ2v) is 5.53. The van der Waals surface area contributed by atoms with Crippen molar-refractivity contribution < 1.29 is 18.3 Å². The van der Waals surface area contributed by atoms with E-state index in [9.17, 15) is 13.6 Å². The van der Waals surface area contributed by atoms with E-state index >= 15 is 0 Å². The van der Waals surface area contributed by atoms with E-state index in [-0.39, 0.29) is 30.5 Å². The van der Waals surface area contributed by atoms with Gasteiger partial charge in [-0.3, -0.25) is 4.79 Å². The standard InChI is InChI=1S/C17H16F2N6O2/c1-27-15-6-13(24-25(15)9-10-4-2-3-5-11(10)18)17-21-7-12(19)16(23-17)22-8-14(20)26/h2-7H,8-9H2,1H3,(H2,20,26)(H,21,22,23). The number of anilines is 1. The number of amides is 1. The molecule has 2 aromatic heterocycles. The van der Waals surface area contributed by atoms with Gasteiger partial charge in [0, 0.05) is 11.6 Å². The minimum absolute atomic E-state index is 0.106. The van der Waals surface area contributed by atoms with Crippen LogP contribution < -0.4 is 15.8 Å². The third-order valence-corrected chi connectivity index (χ3v) is 3.63. The third-order valence-electron chi connectivity index (χ3n) is 3.63. The molecule has 27 heavy (non-hydrogen) atoms. The number of primary amides is 1. The summed E-state index contributed by atoms with van der Waals surface area (Å²) in [6.45, 7) is -0.151. The number of rotatable bonds is 7. The van der Waals surface area contributed by atoms with Crippen molar-refractivity contribution in [3.8, 4) is 17.4 Å². The number of carbonyl (C=O) groups is 1. The van der Waals surface area contributed by atoms with E-state index in [2.05, 4.69) is 20.4 Å². The molecule has 10 heteroatoms. The fourth-order valence-corrected chi connectivity index (χ4v) is 2.36. The second-order valence-electron chi connectivity index (χ2n) is 5.53. The number of carbonyl (C=O) groups excluding carboxylic acids is 1. The number of hydrogen-bond donors (Lipinski definition) is 2. The Morgan fingerprint density at radius 2 is 2.07 bits per heavy atom. The Balaban J connectivity index is 1.91. The largest absolute Gasteiger partial charge is 0.481 e. The summed E-state index contributed by atoms with van der Waals surface area (Å²) in [4.78, 5) is 18.8. The second kappa shape index (κ2) is 7.77. The van der Waals surface area contributed by atoms with Crippen LogP contribution in [0.3, 0.4) is 0 Å². The van der Waals surface area contributed by atoms with E-state index in [0.717, 1.165) is 6.20 Å². The number of nitrogens with one attached hydrogen (secondary N) is 1. The van der Waals surface area contributed by atoms with Crippen molar-refractivity contribution in [1.82, 2.24) is 19.7 Å². The maximum absolute atomic E-state index is 13.9. The molecule has 140 valence electrons. The quantitative estimate of drug-likeness (QED) is 0.650. The number of ether oxygens (including phenoxy) is 1. The van der Waals surface area contributed by atoms with E-state index in [0.29, 0.717) is 17.1 Å². The zero-order valence-electron chi connectivity index (χ0n) is 14.3. The van der Waals surface area contributed by atoms with Gasteiger partial charge in [-0.25, -0.2) is 23.4 Å². The molecular weight excluding hydrogens is 358 g/mol. The monoisotopic (exact) mass is 374 g/mol. The van der Waals surface area contributed by atoms with Crippen LogP contribution >= 0.6 is 0 Å². The Morgan fingerprint density at radius 3 is 2.78 bits per heavy atom. The molecular formula is C17H16F2N6O2. The number of nitrogens with zero attached hydrogens (tertiary/aromatic N) is 4. The van der Waals surface area contributed by atoms with Crippen LogP contribution in [-0.4, -0.2) is 39.3 Å². The van der Waals surface area contributed by atoms with Crippen LogP contribution in [0.15, 0.2) is 36.5 Å². The number of methoxy groups -OCH3 is 1. The van der Waals surface area contributed by atoms with E-state index in [1.807, 2.05) is 0 Å². The van der Waals surface area contributed by atoms with Crippen molar-refractivity contribution in [2.24, 2.45) is 5.73 Å². The van der Waals surface area contributed by atoms with Crippen molar-refractivity contribution in [3.63, 3.8) is 0 Å². The molecule has 0 radical (unpaired) electrons. The Bertz CT molecular complexity index is 976. The molecule has 0 saturated heterocycles. The number of hydrogen-bond acceptors (Lipinski definition) is 6. The number of halogens is 2. The van der Waals surface area contributed by atoms with Gasteiger partial charge in [0.25, 0.3) is 0 Å². The van der Waals surface area contributed by atoms with E-state index in [1.165, 1.54) is 17.9 Å². The highest BCUT2D eigenvalue weighted by Crippen LogP contribution is 2.23. The lowest BCUT2D eigenvalue weighted by Crippen LogP contribution is -2.22. The van der Waals surface area contributed by atoms with E-state index in [4.69, 9.17) is 10.5 Å².